The van der Waals surface area contributed by atoms with Crippen molar-refractivity contribution in [2.45, 2.75) is 18.3 Å². The standard InChI is InChI=1S/C9H9F3N4/c10-9(11,12)7-1-8(15-4-14-7)16-3-5-6(16)2-13-5/h1,4-6,13H,2-3H2. The fourth-order valence-corrected chi connectivity index (χ4v) is 2.04. The third-order valence-electron chi connectivity index (χ3n) is 3.08. The molecule has 2 aliphatic heterocycles. The Hall–Kier alpha value is -1.37. The summed E-state index contributed by atoms with van der Waals surface area (Å²) in [7, 11) is 0. The van der Waals surface area contributed by atoms with E-state index in [0.29, 0.717) is 17.9 Å². The highest BCUT2D eigenvalue weighted by molar-refractivity contribution is 5.47. The molecule has 2 saturated heterocycles. The molecule has 0 saturated carbocycles. The van der Waals surface area contributed by atoms with E-state index in [2.05, 4.69) is 15.3 Å². The van der Waals surface area contributed by atoms with Crippen LogP contribution in [0.25, 0.3) is 0 Å². The summed E-state index contributed by atoms with van der Waals surface area (Å²) in [6.45, 7) is 1.54. The molecule has 0 bridgehead atoms. The van der Waals surface area contributed by atoms with Gasteiger partial charge in [0.1, 0.15) is 17.8 Å². The van der Waals surface area contributed by atoms with E-state index in [-0.39, 0.29) is 0 Å². The Morgan fingerprint density at radius 2 is 2.19 bits per heavy atom. The van der Waals surface area contributed by atoms with Gasteiger partial charge in [0, 0.05) is 25.2 Å². The van der Waals surface area contributed by atoms with Crippen LogP contribution in [0.3, 0.4) is 0 Å². The molecule has 1 N–H and O–H groups in total. The summed E-state index contributed by atoms with van der Waals surface area (Å²) < 4.78 is 37.3. The van der Waals surface area contributed by atoms with Crippen LogP contribution >= 0.6 is 0 Å². The Balaban J connectivity index is 1.85. The van der Waals surface area contributed by atoms with Gasteiger partial charge in [0.15, 0.2) is 0 Å². The molecule has 0 aromatic carbocycles. The third-order valence-corrected chi connectivity index (χ3v) is 3.08. The number of hydrogen-bond donors (Lipinski definition) is 1. The van der Waals surface area contributed by atoms with E-state index in [1.807, 2.05) is 4.90 Å². The van der Waals surface area contributed by atoms with Crippen molar-refractivity contribution in [3.63, 3.8) is 0 Å². The molecule has 0 radical (unpaired) electrons. The smallest absolute Gasteiger partial charge is 0.349 e. The van der Waals surface area contributed by atoms with Crippen LogP contribution in [0.4, 0.5) is 19.0 Å². The number of hydrogen-bond acceptors (Lipinski definition) is 4. The van der Waals surface area contributed by atoms with Crippen molar-refractivity contribution in [1.82, 2.24) is 15.3 Å². The molecule has 2 aliphatic rings. The van der Waals surface area contributed by atoms with Gasteiger partial charge in [-0.2, -0.15) is 13.2 Å². The summed E-state index contributed by atoms with van der Waals surface area (Å²) in [6.07, 6.45) is -3.43. The van der Waals surface area contributed by atoms with Crippen LogP contribution in [-0.4, -0.2) is 35.1 Å². The summed E-state index contributed by atoms with van der Waals surface area (Å²) in [6, 6.07) is 1.73. The van der Waals surface area contributed by atoms with Gasteiger partial charge in [-0.1, -0.05) is 0 Å². The SMILES string of the molecule is FC(F)(F)c1cc(N2CC3NCC32)ncn1. The first-order valence-corrected chi connectivity index (χ1v) is 4.95. The van der Waals surface area contributed by atoms with Crippen LogP contribution in [0.15, 0.2) is 12.4 Å². The van der Waals surface area contributed by atoms with E-state index in [0.717, 1.165) is 25.5 Å². The molecular formula is C9H9F3N4. The second kappa shape index (κ2) is 3.07. The molecule has 2 atom stereocenters. The molecule has 2 unspecified atom stereocenters. The van der Waals surface area contributed by atoms with Crippen LogP contribution in [0.5, 0.6) is 0 Å². The summed E-state index contributed by atoms with van der Waals surface area (Å²) in [5, 5.41) is 3.18. The number of rotatable bonds is 1. The zero-order chi connectivity index (χ0) is 11.3. The molecular weight excluding hydrogens is 221 g/mol. The molecule has 2 fully saturated rings. The number of alkyl halides is 3. The van der Waals surface area contributed by atoms with Gasteiger partial charge in [0.25, 0.3) is 0 Å². The van der Waals surface area contributed by atoms with Crippen LogP contribution in [0.2, 0.25) is 0 Å². The van der Waals surface area contributed by atoms with Crippen molar-refractivity contribution < 1.29 is 13.2 Å². The number of nitrogens with zero attached hydrogens (tertiary/aromatic N) is 3. The van der Waals surface area contributed by atoms with Crippen LogP contribution in [0.1, 0.15) is 5.69 Å². The second-order valence-electron chi connectivity index (χ2n) is 3.99. The third kappa shape index (κ3) is 1.35. The maximum atomic E-state index is 12.4. The Morgan fingerprint density at radius 1 is 1.38 bits per heavy atom. The van der Waals surface area contributed by atoms with Gasteiger partial charge in [-0.25, -0.2) is 9.97 Å². The quantitative estimate of drug-likeness (QED) is 0.769. The minimum atomic E-state index is -4.40. The average molecular weight is 230 g/mol. The van der Waals surface area contributed by atoms with Crippen molar-refractivity contribution in [3.05, 3.63) is 18.1 Å². The lowest BCUT2D eigenvalue weighted by Crippen LogP contribution is -2.78. The lowest BCUT2D eigenvalue weighted by molar-refractivity contribution is -0.141. The molecule has 7 heteroatoms. The first-order chi connectivity index (χ1) is 7.55. The summed E-state index contributed by atoms with van der Waals surface area (Å²) in [4.78, 5) is 8.99. The summed E-state index contributed by atoms with van der Waals surface area (Å²) in [5.41, 5.74) is -0.881. The lowest BCUT2D eigenvalue weighted by Gasteiger charge is -2.56. The van der Waals surface area contributed by atoms with Crippen molar-refractivity contribution >= 4 is 5.82 Å². The van der Waals surface area contributed by atoms with Gasteiger partial charge in [-0.15, -0.1) is 0 Å². The maximum absolute atomic E-state index is 12.4. The molecule has 16 heavy (non-hydrogen) atoms. The number of nitrogens with one attached hydrogen (secondary N) is 1. The number of aromatic nitrogens is 2. The highest BCUT2D eigenvalue weighted by Gasteiger charge is 2.46. The van der Waals surface area contributed by atoms with Gasteiger partial charge >= 0.3 is 6.18 Å². The zero-order valence-electron chi connectivity index (χ0n) is 8.20. The summed E-state index contributed by atoms with van der Waals surface area (Å²) in [5.74, 6) is 0.366. The Morgan fingerprint density at radius 3 is 2.69 bits per heavy atom. The largest absolute Gasteiger partial charge is 0.433 e. The van der Waals surface area contributed by atoms with Crippen LogP contribution in [0, 0.1) is 0 Å². The van der Waals surface area contributed by atoms with E-state index in [4.69, 9.17) is 0 Å². The lowest BCUT2D eigenvalue weighted by atomic mass is 9.89. The molecule has 0 spiro atoms. The predicted octanol–water partition coefficient (Wildman–Crippen LogP) is 0.656. The van der Waals surface area contributed by atoms with E-state index in [1.165, 1.54) is 0 Å². The van der Waals surface area contributed by atoms with E-state index >= 15 is 0 Å². The van der Waals surface area contributed by atoms with E-state index < -0.39 is 11.9 Å². The molecule has 3 rings (SSSR count). The average Bonchev–Trinajstić information content (AvgIpc) is 2.21. The number of fused-ring (bicyclic) bond motifs is 1. The van der Waals surface area contributed by atoms with Crippen LogP contribution in [-0.2, 0) is 6.18 Å². The highest BCUT2D eigenvalue weighted by Crippen LogP contribution is 2.33. The molecule has 4 nitrogen and oxygen atoms in total. The predicted molar refractivity (Wildman–Crippen MR) is 50.0 cm³/mol. The number of piperazine rings is 1. The van der Waals surface area contributed by atoms with Gasteiger partial charge < -0.3 is 10.2 Å². The van der Waals surface area contributed by atoms with Crippen molar-refractivity contribution in [3.8, 4) is 0 Å². The Bertz CT molecular complexity index is 419. The molecule has 1 aromatic rings. The molecule has 86 valence electrons. The fraction of sp³-hybridized carbons (Fsp3) is 0.556. The van der Waals surface area contributed by atoms with Gasteiger partial charge in [-0.05, 0) is 0 Å². The van der Waals surface area contributed by atoms with Crippen molar-refractivity contribution in [1.29, 1.82) is 0 Å². The highest BCUT2D eigenvalue weighted by atomic mass is 19.4. The summed E-state index contributed by atoms with van der Waals surface area (Å²) >= 11 is 0. The van der Waals surface area contributed by atoms with Crippen molar-refractivity contribution in [2.24, 2.45) is 0 Å². The normalized spacial score (nSPS) is 28.1. The molecule has 1 aromatic heterocycles. The molecule has 0 aliphatic carbocycles. The minimum Gasteiger partial charge on any atom is -0.349 e. The monoisotopic (exact) mass is 230 g/mol. The first-order valence-electron chi connectivity index (χ1n) is 4.95. The first kappa shape index (κ1) is 9.83. The second-order valence-corrected chi connectivity index (χ2v) is 3.99. The Kier molecular flexibility index (Phi) is 1.88. The number of halogens is 3. The number of anilines is 1. The maximum Gasteiger partial charge on any atom is 0.433 e. The van der Waals surface area contributed by atoms with Gasteiger partial charge in [-0.3, -0.25) is 0 Å². The molecule has 3 heterocycles. The topological polar surface area (TPSA) is 41.0 Å². The minimum absolute atomic E-state index is 0.302. The van der Waals surface area contributed by atoms with E-state index in [9.17, 15) is 13.2 Å². The van der Waals surface area contributed by atoms with Gasteiger partial charge in [0.2, 0.25) is 0 Å². The Labute approximate surface area is 89.5 Å². The van der Waals surface area contributed by atoms with Gasteiger partial charge in [0.05, 0.1) is 6.04 Å². The zero-order valence-corrected chi connectivity index (χ0v) is 8.20. The van der Waals surface area contributed by atoms with Crippen LogP contribution < -0.4 is 10.2 Å². The molecule has 0 amide bonds. The fourth-order valence-electron chi connectivity index (χ4n) is 2.04. The van der Waals surface area contributed by atoms with Crippen molar-refractivity contribution in [2.75, 3.05) is 18.0 Å². The van der Waals surface area contributed by atoms with E-state index in [1.54, 1.807) is 0 Å².